The molecule has 0 saturated heterocycles. The first-order valence-electron chi connectivity index (χ1n) is 4.38. The maximum absolute atomic E-state index is 11.3. The highest BCUT2D eigenvalue weighted by Gasteiger charge is 2.19. The third-order valence-corrected chi connectivity index (χ3v) is 2.32. The van der Waals surface area contributed by atoms with Gasteiger partial charge in [-0.1, -0.05) is 6.42 Å². The highest BCUT2D eigenvalue weighted by atomic mass is 16.2. The molecule has 0 aromatic carbocycles. The molecule has 0 unspecified atom stereocenters. The minimum atomic E-state index is -0.249. The molecule has 1 saturated carbocycles. The molecule has 0 radical (unpaired) electrons. The molecule has 1 amide bonds. The number of aromatic amines is 1. The van der Waals surface area contributed by atoms with Gasteiger partial charge in [0.2, 0.25) is 0 Å². The zero-order chi connectivity index (χ0) is 9.10. The van der Waals surface area contributed by atoms with Gasteiger partial charge in [0, 0.05) is 6.54 Å². The molecule has 0 atom stereocenters. The van der Waals surface area contributed by atoms with Crippen LogP contribution in [0.5, 0.6) is 0 Å². The van der Waals surface area contributed by atoms with Crippen LogP contribution < -0.4 is 5.32 Å². The predicted molar refractivity (Wildman–Crippen MR) is 43.9 cm³/mol. The Balaban J connectivity index is 1.78. The summed E-state index contributed by atoms with van der Waals surface area (Å²) in [6.07, 6.45) is 3.71. The monoisotopic (exact) mass is 181 g/mol. The van der Waals surface area contributed by atoms with Gasteiger partial charge >= 0.3 is 0 Å². The molecular formula is C7H11N5O. The van der Waals surface area contributed by atoms with Crippen LogP contribution in [0.25, 0.3) is 0 Å². The lowest BCUT2D eigenvalue weighted by molar-refractivity contribution is 0.0928. The molecule has 0 aliphatic heterocycles. The Morgan fingerprint density at radius 2 is 2.46 bits per heavy atom. The first-order valence-corrected chi connectivity index (χ1v) is 4.38. The van der Waals surface area contributed by atoms with Gasteiger partial charge in [-0.3, -0.25) is 4.79 Å². The van der Waals surface area contributed by atoms with Crippen molar-refractivity contribution < 1.29 is 4.79 Å². The fourth-order valence-corrected chi connectivity index (χ4v) is 1.27. The van der Waals surface area contributed by atoms with Crippen LogP contribution in [0.2, 0.25) is 0 Å². The minimum Gasteiger partial charge on any atom is -0.349 e. The third-order valence-electron chi connectivity index (χ3n) is 2.32. The lowest BCUT2D eigenvalue weighted by atomic mass is 9.85. The van der Waals surface area contributed by atoms with Crippen LogP contribution in [0.4, 0.5) is 0 Å². The van der Waals surface area contributed by atoms with Crippen molar-refractivity contribution in [3.8, 4) is 0 Å². The van der Waals surface area contributed by atoms with E-state index in [1.54, 1.807) is 0 Å². The Labute approximate surface area is 75.1 Å². The first-order chi connectivity index (χ1) is 6.36. The number of nitrogens with one attached hydrogen (secondary N) is 2. The van der Waals surface area contributed by atoms with Gasteiger partial charge < -0.3 is 5.32 Å². The summed E-state index contributed by atoms with van der Waals surface area (Å²) < 4.78 is 0. The number of carbonyl (C=O) groups is 1. The summed E-state index contributed by atoms with van der Waals surface area (Å²) in [6.45, 7) is 0.730. The molecule has 2 N–H and O–H groups in total. The third kappa shape index (κ3) is 1.82. The van der Waals surface area contributed by atoms with Crippen molar-refractivity contribution in [3.63, 3.8) is 0 Å². The van der Waals surface area contributed by atoms with E-state index >= 15 is 0 Å². The van der Waals surface area contributed by atoms with Crippen molar-refractivity contribution in [2.24, 2.45) is 5.92 Å². The second-order valence-corrected chi connectivity index (χ2v) is 3.24. The van der Waals surface area contributed by atoms with Crippen molar-refractivity contribution in [3.05, 3.63) is 5.82 Å². The molecule has 13 heavy (non-hydrogen) atoms. The van der Waals surface area contributed by atoms with Gasteiger partial charge in [0.15, 0.2) is 0 Å². The standard InChI is InChI=1S/C7H11N5O/c13-7(6-9-11-12-10-6)8-4-5-2-1-3-5/h5H,1-4H2,(H,8,13)(H,9,10,11,12). The van der Waals surface area contributed by atoms with Crippen LogP contribution in [0, 0.1) is 5.92 Å². The summed E-state index contributed by atoms with van der Waals surface area (Å²) in [7, 11) is 0. The fourth-order valence-electron chi connectivity index (χ4n) is 1.27. The van der Waals surface area contributed by atoms with Gasteiger partial charge in [-0.25, -0.2) is 0 Å². The summed E-state index contributed by atoms with van der Waals surface area (Å²) >= 11 is 0. The Morgan fingerprint density at radius 3 is 3.00 bits per heavy atom. The molecule has 0 spiro atoms. The quantitative estimate of drug-likeness (QED) is 0.672. The van der Waals surface area contributed by atoms with E-state index in [1.165, 1.54) is 19.3 Å². The van der Waals surface area contributed by atoms with E-state index in [2.05, 4.69) is 25.9 Å². The van der Waals surface area contributed by atoms with Crippen LogP contribution in [0.15, 0.2) is 0 Å². The summed E-state index contributed by atoms with van der Waals surface area (Å²) in [6, 6.07) is 0. The van der Waals surface area contributed by atoms with Gasteiger partial charge in [-0.15, -0.1) is 10.2 Å². The SMILES string of the molecule is O=C(NCC1CCC1)c1nn[nH]n1. The molecule has 1 aromatic rings. The number of amides is 1. The van der Waals surface area contributed by atoms with E-state index in [4.69, 9.17) is 0 Å². The van der Waals surface area contributed by atoms with Crippen molar-refractivity contribution in [2.75, 3.05) is 6.54 Å². The number of rotatable bonds is 3. The Bertz CT molecular complexity index is 279. The molecule has 6 nitrogen and oxygen atoms in total. The zero-order valence-corrected chi connectivity index (χ0v) is 7.16. The highest BCUT2D eigenvalue weighted by Crippen LogP contribution is 2.25. The highest BCUT2D eigenvalue weighted by molar-refractivity contribution is 5.89. The summed E-state index contributed by atoms with van der Waals surface area (Å²) in [4.78, 5) is 11.3. The van der Waals surface area contributed by atoms with E-state index < -0.39 is 0 Å². The molecule has 1 heterocycles. The molecule has 70 valence electrons. The fraction of sp³-hybridized carbons (Fsp3) is 0.714. The van der Waals surface area contributed by atoms with Crippen LogP contribution in [0.3, 0.4) is 0 Å². The van der Waals surface area contributed by atoms with Gasteiger partial charge in [-0.2, -0.15) is 5.21 Å². The van der Waals surface area contributed by atoms with Gasteiger partial charge in [-0.05, 0) is 24.0 Å². The number of nitrogens with zero attached hydrogens (tertiary/aromatic N) is 3. The van der Waals surface area contributed by atoms with Crippen molar-refractivity contribution in [1.29, 1.82) is 0 Å². The van der Waals surface area contributed by atoms with Gasteiger partial charge in [0.1, 0.15) is 0 Å². The van der Waals surface area contributed by atoms with E-state index in [0.717, 1.165) is 6.54 Å². The van der Waals surface area contributed by atoms with Crippen LogP contribution in [-0.4, -0.2) is 33.1 Å². The lowest BCUT2D eigenvalue weighted by Gasteiger charge is -2.24. The number of aromatic nitrogens is 4. The number of hydrogen-bond donors (Lipinski definition) is 2. The van der Waals surface area contributed by atoms with Crippen molar-refractivity contribution >= 4 is 5.91 Å². The normalized spacial score (nSPS) is 16.6. The van der Waals surface area contributed by atoms with E-state index in [-0.39, 0.29) is 11.7 Å². The maximum Gasteiger partial charge on any atom is 0.292 e. The summed E-state index contributed by atoms with van der Waals surface area (Å²) in [5.74, 6) is 0.510. The number of H-pyrrole nitrogens is 1. The Morgan fingerprint density at radius 1 is 1.62 bits per heavy atom. The Hall–Kier alpha value is -1.46. The Kier molecular flexibility index (Phi) is 2.20. The summed E-state index contributed by atoms with van der Waals surface area (Å²) in [5, 5.41) is 15.5. The first kappa shape index (κ1) is 8.15. The number of tetrazole rings is 1. The van der Waals surface area contributed by atoms with Crippen molar-refractivity contribution in [1.82, 2.24) is 25.9 Å². The average Bonchev–Trinajstić information content (AvgIpc) is 2.52. The minimum absolute atomic E-state index is 0.110. The van der Waals surface area contributed by atoms with Crippen LogP contribution >= 0.6 is 0 Å². The van der Waals surface area contributed by atoms with Crippen LogP contribution in [0.1, 0.15) is 29.9 Å². The van der Waals surface area contributed by atoms with Gasteiger partial charge in [0.05, 0.1) is 0 Å². The molecule has 1 aliphatic carbocycles. The second kappa shape index (κ2) is 3.51. The predicted octanol–water partition coefficient (Wildman–Crippen LogP) is -0.270. The smallest absolute Gasteiger partial charge is 0.292 e. The van der Waals surface area contributed by atoms with E-state index in [0.29, 0.717) is 5.92 Å². The number of carbonyl (C=O) groups excluding carboxylic acids is 1. The molecule has 1 aromatic heterocycles. The summed E-state index contributed by atoms with van der Waals surface area (Å²) in [5.41, 5.74) is 0. The van der Waals surface area contributed by atoms with Crippen molar-refractivity contribution in [2.45, 2.75) is 19.3 Å². The largest absolute Gasteiger partial charge is 0.349 e. The molecule has 1 fully saturated rings. The molecule has 0 bridgehead atoms. The average molecular weight is 181 g/mol. The topological polar surface area (TPSA) is 83.6 Å². The maximum atomic E-state index is 11.3. The zero-order valence-electron chi connectivity index (χ0n) is 7.16. The van der Waals surface area contributed by atoms with Gasteiger partial charge in [0.25, 0.3) is 11.7 Å². The van der Waals surface area contributed by atoms with E-state index in [9.17, 15) is 4.79 Å². The molecule has 1 aliphatic rings. The molecule has 2 rings (SSSR count). The molecular weight excluding hydrogens is 170 g/mol. The second-order valence-electron chi connectivity index (χ2n) is 3.24. The van der Waals surface area contributed by atoms with Crippen LogP contribution in [-0.2, 0) is 0 Å². The molecule has 6 heteroatoms. The lowest BCUT2D eigenvalue weighted by Crippen LogP contribution is -2.32. The number of hydrogen-bond acceptors (Lipinski definition) is 4. The van der Waals surface area contributed by atoms with E-state index in [1.807, 2.05) is 0 Å².